The summed E-state index contributed by atoms with van der Waals surface area (Å²) in [6, 6.07) is 7.38. The number of alkyl halides is 3. The zero-order chi connectivity index (χ0) is 22.4. The molecule has 3 rings (SSSR count). The molecule has 1 aromatic carbocycles. The van der Waals surface area contributed by atoms with Crippen molar-refractivity contribution in [1.29, 1.82) is 0 Å². The van der Waals surface area contributed by atoms with Crippen LogP contribution in [-0.4, -0.2) is 58.6 Å². The number of hydrogen-bond donors (Lipinski definition) is 1. The molecule has 0 radical (unpaired) electrons. The zero-order valence-corrected chi connectivity index (χ0v) is 17.1. The molecule has 0 atom stereocenters. The maximum Gasteiger partial charge on any atom is 0.422 e. The van der Waals surface area contributed by atoms with Crippen molar-refractivity contribution in [3.63, 3.8) is 0 Å². The Labute approximate surface area is 178 Å². The van der Waals surface area contributed by atoms with Gasteiger partial charge in [-0.1, -0.05) is 11.8 Å². The summed E-state index contributed by atoms with van der Waals surface area (Å²) in [4.78, 5) is 24.9. The van der Waals surface area contributed by atoms with Gasteiger partial charge in [0.2, 0.25) is 5.95 Å². The Balaban J connectivity index is 1.62. The molecule has 2 N–H and O–H groups in total. The molecule has 3 aromatic rings. The first-order valence-electron chi connectivity index (χ1n) is 8.85. The van der Waals surface area contributed by atoms with E-state index in [9.17, 15) is 18.0 Å². The number of methoxy groups -OCH3 is 1. The molecule has 166 valence electrons. The van der Waals surface area contributed by atoms with Crippen LogP contribution in [0.2, 0.25) is 0 Å². The molecular weight excluding hydrogens is 439 g/mol. The van der Waals surface area contributed by atoms with E-state index in [1.54, 1.807) is 11.7 Å². The third-order valence-electron chi connectivity index (χ3n) is 3.82. The van der Waals surface area contributed by atoms with Gasteiger partial charge in [-0.05, 0) is 24.3 Å². The molecule has 0 unspecified atom stereocenters. The summed E-state index contributed by atoms with van der Waals surface area (Å²) in [5.41, 5.74) is 6.83. The molecule has 0 spiro atoms. The average molecular weight is 457 g/mol. The number of benzene rings is 1. The Morgan fingerprint density at radius 3 is 2.65 bits per heavy atom. The smallest absolute Gasteiger partial charge is 0.422 e. The highest BCUT2D eigenvalue weighted by Gasteiger charge is 2.29. The predicted octanol–water partition coefficient (Wildman–Crippen LogP) is 2.69. The van der Waals surface area contributed by atoms with E-state index in [0.29, 0.717) is 16.2 Å². The van der Waals surface area contributed by atoms with Crippen molar-refractivity contribution >= 4 is 34.8 Å². The van der Waals surface area contributed by atoms with E-state index in [-0.39, 0.29) is 19.1 Å². The molecule has 0 aliphatic rings. The van der Waals surface area contributed by atoms with E-state index < -0.39 is 25.4 Å². The Bertz CT molecular complexity index is 1040. The second kappa shape index (κ2) is 9.83. The molecular formula is C18H18F3N5O4S. The van der Waals surface area contributed by atoms with Gasteiger partial charge in [0.05, 0.1) is 20.0 Å². The lowest BCUT2D eigenvalue weighted by atomic mass is 10.3. The quantitative estimate of drug-likeness (QED) is 0.294. The van der Waals surface area contributed by atoms with Gasteiger partial charge in [0.15, 0.2) is 12.3 Å². The van der Waals surface area contributed by atoms with Crippen molar-refractivity contribution in [2.24, 2.45) is 0 Å². The highest BCUT2D eigenvalue weighted by atomic mass is 32.2. The number of esters is 1. The van der Waals surface area contributed by atoms with E-state index in [4.69, 9.17) is 15.2 Å². The van der Waals surface area contributed by atoms with E-state index in [0.717, 1.165) is 10.6 Å². The third-order valence-corrected chi connectivity index (χ3v) is 4.80. The fraction of sp³-hybridized carbons (Fsp3) is 0.333. The van der Waals surface area contributed by atoms with Crippen molar-refractivity contribution in [3.8, 4) is 5.75 Å². The number of carbonyl (C=O) groups excluding carboxylic acids is 1. The minimum absolute atomic E-state index is 0.0252. The van der Waals surface area contributed by atoms with Crippen LogP contribution < -0.4 is 10.5 Å². The highest BCUT2D eigenvalue weighted by molar-refractivity contribution is 7.99. The summed E-state index contributed by atoms with van der Waals surface area (Å²) in [5, 5.41) is 0.558. The Morgan fingerprint density at radius 2 is 1.97 bits per heavy atom. The number of nitrogens with two attached hydrogens (primary N) is 1. The lowest BCUT2D eigenvalue weighted by molar-refractivity contribution is -0.189. The minimum Gasteiger partial charge on any atom is -0.497 e. The van der Waals surface area contributed by atoms with Crippen LogP contribution in [0.15, 0.2) is 40.5 Å². The molecule has 0 bridgehead atoms. The standard InChI is InChI=1S/C18H18F3N5O4S/c1-28-11-2-4-12(5-3-11)31-16-14-15(24-17(22)25-16)26(10-23-14)6-7-29-8-13(27)30-9-18(19,20)21/h2-5,10H,6-9H2,1H3,(H2,22,24,25). The number of aromatic nitrogens is 4. The number of rotatable bonds is 9. The topological polar surface area (TPSA) is 114 Å². The Morgan fingerprint density at radius 1 is 1.23 bits per heavy atom. The van der Waals surface area contributed by atoms with Crippen LogP contribution in [0.25, 0.3) is 11.2 Å². The summed E-state index contributed by atoms with van der Waals surface area (Å²) in [7, 11) is 1.58. The summed E-state index contributed by atoms with van der Waals surface area (Å²) in [6.07, 6.45) is -3.06. The highest BCUT2D eigenvalue weighted by Crippen LogP contribution is 2.32. The van der Waals surface area contributed by atoms with Gasteiger partial charge < -0.3 is 24.5 Å². The van der Waals surface area contributed by atoms with E-state index in [1.165, 1.54) is 18.1 Å². The normalized spacial score (nSPS) is 11.6. The van der Waals surface area contributed by atoms with Crippen LogP contribution in [0.1, 0.15) is 0 Å². The number of nitrogen functional groups attached to an aromatic ring is 1. The molecule has 0 aliphatic heterocycles. The maximum atomic E-state index is 12.0. The summed E-state index contributed by atoms with van der Waals surface area (Å²) in [5.74, 6) is -0.317. The van der Waals surface area contributed by atoms with Crippen molar-refractivity contribution in [3.05, 3.63) is 30.6 Å². The van der Waals surface area contributed by atoms with E-state index in [1.807, 2.05) is 24.3 Å². The maximum absolute atomic E-state index is 12.0. The van der Waals surface area contributed by atoms with Crippen molar-refractivity contribution in [2.75, 3.05) is 32.7 Å². The first-order chi connectivity index (χ1) is 14.7. The second-order valence-corrected chi connectivity index (χ2v) is 7.17. The SMILES string of the molecule is COc1ccc(Sc2nc(N)nc3c2ncn3CCOCC(=O)OCC(F)(F)F)cc1. The Hall–Kier alpha value is -3.06. The zero-order valence-electron chi connectivity index (χ0n) is 16.3. The lowest BCUT2D eigenvalue weighted by Crippen LogP contribution is -2.23. The summed E-state index contributed by atoms with van der Waals surface area (Å²) in [6.45, 7) is -1.98. The molecule has 2 aromatic heterocycles. The van der Waals surface area contributed by atoms with Crippen molar-refractivity contribution in [1.82, 2.24) is 19.5 Å². The number of carbonyl (C=O) groups is 1. The van der Waals surface area contributed by atoms with Crippen LogP contribution >= 0.6 is 11.8 Å². The number of nitrogens with zero attached hydrogens (tertiary/aromatic N) is 4. The molecule has 2 heterocycles. The predicted molar refractivity (Wildman–Crippen MR) is 105 cm³/mol. The van der Waals surface area contributed by atoms with Gasteiger partial charge in [0, 0.05) is 11.4 Å². The number of hydrogen-bond acceptors (Lipinski definition) is 9. The molecule has 0 fully saturated rings. The van der Waals surface area contributed by atoms with Crippen LogP contribution in [0.4, 0.5) is 19.1 Å². The van der Waals surface area contributed by atoms with E-state index in [2.05, 4.69) is 19.7 Å². The van der Waals surface area contributed by atoms with Crippen molar-refractivity contribution < 1.29 is 32.2 Å². The van der Waals surface area contributed by atoms with Gasteiger partial charge in [-0.3, -0.25) is 0 Å². The fourth-order valence-corrected chi connectivity index (χ4v) is 3.32. The number of anilines is 1. The van der Waals surface area contributed by atoms with Crippen LogP contribution in [0, 0.1) is 0 Å². The molecule has 13 heteroatoms. The largest absolute Gasteiger partial charge is 0.497 e. The number of ether oxygens (including phenoxy) is 3. The first kappa shape index (κ1) is 22.6. The number of halogens is 3. The van der Waals surface area contributed by atoms with Crippen LogP contribution in [-0.2, 0) is 20.8 Å². The second-order valence-electron chi connectivity index (χ2n) is 6.10. The summed E-state index contributed by atoms with van der Waals surface area (Å²) >= 11 is 1.36. The van der Waals surface area contributed by atoms with Crippen molar-refractivity contribution in [2.45, 2.75) is 22.6 Å². The molecule has 0 saturated heterocycles. The van der Waals surface area contributed by atoms with Gasteiger partial charge in [-0.25, -0.2) is 14.8 Å². The minimum atomic E-state index is -4.58. The molecule has 9 nitrogen and oxygen atoms in total. The van der Waals surface area contributed by atoms with Gasteiger partial charge in [0.1, 0.15) is 22.9 Å². The van der Waals surface area contributed by atoms with Crippen LogP contribution in [0.5, 0.6) is 5.75 Å². The Kier molecular flexibility index (Phi) is 7.17. The van der Waals surface area contributed by atoms with Gasteiger partial charge in [-0.2, -0.15) is 18.2 Å². The van der Waals surface area contributed by atoms with E-state index >= 15 is 0 Å². The monoisotopic (exact) mass is 457 g/mol. The average Bonchev–Trinajstić information content (AvgIpc) is 3.12. The molecule has 0 aliphatic carbocycles. The number of imidazole rings is 1. The first-order valence-corrected chi connectivity index (χ1v) is 9.67. The molecule has 31 heavy (non-hydrogen) atoms. The van der Waals surface area contributed by atoms with Gasteiger partial charge >= 0.3 is 12.1 Å². The van der Waals surface area contributed by atoms with Crippen LogP contribution in [0.3, 0.4) is 0 Å². The lowest BCUT2D eigenvalue weighted by Gasteiger charge is -2.09. The van der Waals surface area contributed by atoms with Gasteiger partial charge in [-0.15, -0.1) is 0 Å². The molecule has 0 saturated carbocycles. The third kappa shape index (κ3) is 6.46. The fourth-order valence-electron chi connectivity index (χ4n) is 2.45. The van der Waals surface area contributed by atoms with Gasteiger partial charge in [0.25, 0.3) is 0 Å². The molecule has 0 amide bonds. The number of fused-ring (bicyclic) bond motifs is 1. The summed E-state index contributed by atoms with van der Waals surface area (Å²) < 4.78 is 52.0.